The van der Waals surface area contributed by atoms with Crippen LogP contribution >= 0.6 is 0 Å². The quantitative estimate of drug-likeness (QED) is 0.855. The van der Waals surface area contributed by atoms with Gasteiger partial charge in [-0.1, -0.05) is 18.2 Å². The van der Waals surface area contributed by atoms with Crippen molar-refractivity contribution in [2.45, 2.75) is 36.9 Å². The summed E-state index contributed by atoms with van der Waals surface area (Å²) in [5, 5.41) is 4.63. The maximum absolute atomic E-state index is 13.4. The Morgan fingerprint density at radius 1 is 1.25 bits per heavy atom. The van der Waals surface area contributed by atoms with Crippen molar-refractivity contribution in [1.82, 2.24) is 20.1 Å². The fraction of sp³-hybridized carbons (Fsp3) is 0.500. The molecule has 2 bridgehead atoms. The zero-order valence-corrected chi connectivity index (χ0v) is 16.4. The molecule has 3 heterocycles. The molecule has 1 aromatic carbocycles. The second-order valence-electron chi connectivity index (χ2n) is 8.72. The number of rotatable bonds is 5. The molecule has 1 saturated carbocycles. The van der Waals surface area contributed by atoms with Gasteiger partial charge in [0.25, 0.3) is 0 Å². The van der Waals surface area contributed by atoms with Crippen LogP contribution in [0, 0.1) is 5.92 Å². The number of ketones is 1. The lowest BCUT2D eigenvalue weighted by molar-refractivity contribution is -0.146. The minimum Gasteiger partial charge on any atom is -0.319 e. The number of para-hydroxylation sites is 1. The molecule has 28 heavy (non-hydrogen) atoms. The second-order valence-corrected chi connectivity index (χ2v) is 8.72. The average Bonchev–Trinajstić information content (AvgIpc) is 3.37. The van der Waals surface area contributed by atoms with E-state index < -0.39 is 5.54 Å². The van der Waals surface area contributed by atoms with Crippen molar-refractivity contribution < 1.29 is 9.59 Å². The molecule has 3 unspecified atom stereocenters. The highest BCUT2D eigenvalue weighted by Gasteiger charge is 2.62. The van der Waals surface area contributed by atoms with Gasteiger partial charge < -0.3 is 15.1 Å². The predicted molar refractivity (Wildman–Crippen MR) is 107 cm³/mol. The Hall–Kier alpha value is -2.31. The fourth-order valence-electron chi connectivity index (χ4n) is 5.17. The smallest absolute Gasteiger partial charge is 0.238 e. The van der Waals surface area contributed by atoms with E-state index >= 15 is 0 Å². The van der Waals surface area contributed by atoms with Crippen LogP contribution in [0.2, 0.25) is 0 Å². The summed E-state index contributed by atoms with van der Waals surface area (Å²) in [6, 6.07) is 9.78. The van der Waals surface area contributed by atoms with Gasteiger partial charge in [0.15, 0.2) is 5.78 Å². The largest absolute Gasteiger partial charge is 0.319 e. The van der Waals surface area contributed by atoms with Gasteiger partial charge in [0, 0.05) is 30.1 Å². The summed E-state index contributed by atoms with van der Waals surface area (Å²) in [4.78, 5) is 34.9. The first-order valence-electron chi connectivity index (χ1n) is 10.1. The normalized spacial score (nSPS) is 29.0. The maximum Gasteiger partial charge on any atom is 0.238 e. The third-order valence-electron chi connectivity index (χ3n) is 6.48. The molecular formula is C22H26N4O2. The fourth-order valence-corrected chi connectivity index (χ4v) is 5.17. The highest BCUT2D eigenvalue weighted by Crippen LogP contribution is 2.50. The molecule has 2 saturated heterocycles. The van der Waals surface area contributed by atoms with Crippen LogP contribution in [0.15, 0.2) is 36.5 Å². The van der Waals surface area contributed by atoms with Gasteiger partial charge in [-0.05, 0) is 51.1 Å². The van der Waals surface area contributed by atoms with Gasteiger partial charge in [0.2, 0.25) is 5.91 Å². The SMILES string of the molecule is CN(C)CC(=O)N1C(C(=O)C2CC2)C2CC1(c1ccnc3ccccc13)CN2. The standard InChI is InChI=1S/C22H26N4O2/c1-25(2)12-19(27)26-20(21(28)14-7-8-14)18-11-22(26,13-24-18)16-9-10-23-17-6-4-3-5-15(16)17/h3-6,9-10,14,18,20,24H,7-8,11-13H2,1-2H3. The number of fused-ring (bicyclic) bond motifs is 3. The zero-order chi connectivity index (χ0) is 19.5. The van der Waals surface area contributed by atoms with E-state index in [2.05, 4.69) is 16.4 Å². The number of piperazine rings is 1. The van der Waals surface area contributed by atoms with E-state index in [0.717, 1.165) is 35.7 Å². The molecule has 2 aliphatic heterocycles. The van der Waals surface area contributed by atoms with E-state index in [1.165, 1.54) is 0 Å². The zero-order valence-electron chi connectivity index (χ0n) is 16.4. The van der Waals surface area contributed by atoms with E-state index in [0.29, 0.717) is 13.1 Å². The number of pyridine rings is 1. The van der Waals surface area contributed by atoms with Crippen molar-refractivity contribution in [3.63, 3.8) is 0 Å². The Morgan fingerprint density at radius 2 is 2.04 bits per heavy atom. The Kier molecular flexibility index (Phi) is 4.03. The predicted octanol–water partition coefficient (Wildman–Crippen LogP) is 1.54. The van der Waals surface area contributed by atoms with E-state index in [4.69, 9.17) is 0 Å². The summed E-state index contributed by atoms with van der Waals surface area (Å²) in [6.45, 7) is 0.991. The van der Waals surface area contributed by atoms with Crippen LogP contribution in [0.25, 0.3) is 10.9 Å². The Bertz CT molecular complexity index is 949. The monoisotopic (exact) mass is 378 g/mol. The maximum atomic E-state index is 13.4. The van der Waals surface area contributed by atoms with Gasteiger partial charge in [-0.3, -0.25) is 14.6 Å². The molecule has 1 N–H and O–H groups in total. The third-order valence-corrected chi connectivity index (χ3v) is 6.48. The van der Waals surface area contributed by atoms with Crippen molar-refractivity contribution in [2.75, 3.05) is 27.2 Å². The number of benzene rings is 1. The number of amides is 1. The Balaban J connectivity index is 1.65. The Morgan fingerprint density at radius 3 is 2.79 bits per heavy atom. The summed E-state index contributed by atoms with van der Waals surface area (Å²) in [5.41, 5.74) is 1.54. The number of hydrogen-bond donors (Lipinski definition) is 1. The lowest BCUT2D eigenvalue weighted by atomic mass is 9.86. The van der Waals surface area contributed by atoms with Crippen LogP contribution in [0.3, 0.4) is 0 Å². The van der Waals surface area contributed by atoms with Gasteiger partial charge >= 0.3 is 0 Å². The summed E-state index contributed by atoms with van der Waals surface area (Å²) in [5.74, 6) is 0.408. The number of nitrogens with zero attached hydrogens (tertiary/aromatic N) is 3. The molecule has 3 atom stereocenters. The highest BCUT2D eigenvalue weighted by molar-refractivity contribution is 5.95. The van der Waals surface area contributed by atoms with E-state index in [9.17, 15) is 9.59 Å². The van der Waals surface area contributed by atoms with Crippen molar-refractivity contribution in [2.24, 2.45) is 5.92 Å². The van der Waals surface area contributed by atoms with Crippen LogP contribution in [-0.4, -0.2) is 65.7 Å². The first-order chi connectivity index (χ1) is 13.5. The van der Waals surface area contributed by atoms with Gasteiger partial charge in [-0.25, -0.2) is 0 Å². The average molecular weight is 378 g/mol. The lowest BCUT2D eigenvalue weighted by Gasteiger charge is -2.44. The number of carbonyl (C=O) groups is 2. The van der Waals surface area contributed by atoms with Gasteiger partial charge in [-0.2, -0.15) is 0 Å². The summed E-state index contributed by atoms with van der Waals surface area (Å²) < 4.78 is 0. The number of hydrogen-bond acceptors (Lipinski definition) is 5. The molecular weight excluding hydrogens is 352 g/mol. The van der Waals surface area contributed by atoms with Crippen LogP contribution in [-0.2, 0) is 15.1 Å². The van der Waals surface area contributed by atoms with Crippen LogP contribution in [0.4, 0.5) is 0 Å². The number of nitrogens with one attached hydrogen (secondary N) is 1. The molecule has 6 heteroatoms. The van der Waals surface area contributed by atoms with Crippen LogP contribution in [0.5, 0.6) is 0 Å². The molecule has 5 rings (SSSR count). The molecule has 2 aromatic rings. The Labute approximate surface area is 164 Å². The topological polar surface area (TPSA) is 65.5 Å². The van der Waals surface area contributed by atoms with E-state index in [-0.39, 0.29) is 29.7 Å². The van der Waals surface area contributed by atoms with E-state index in [1.807, 2.05) is 54.4 Å². The minimum absolute atomic E-state index is 0.0335. The van der Waals surface area contributed by atoms with Gasteiger partial charge in [-0.15, -0.1) is 0 Å². The molecule has 3 aliphatic rings. The highest BCUT2D eigenvalue weighted by atomic mass is 16.2. The molecule has 3 fully saturated rings. The van der Waals surface area contributed by atoms with Crippen LogP contribution < -0.4 is 5.32 Å². The van der Waals surface area contributed by atoms with E-state index in [1.54, 1.807) is 0 Å². The number of carbonyl (C=O) groups excluding carboxylic acids is 2. The van der Waals surface area contributed by atoms with Crippen molar-refractivity contribution >= 4 is 22.6 Å². The van der Waals surface area contributed by atoms with Gasteiger partial charge in [0.05, 0.1) is 17.6 Å². The van der Waals surface area contributed by atoms with Crippen molar-refractivity contribution in [3.8, 4) is 0 Å². The molecule has 0 radical (unpaired) electrons. The second kappa shape index (κ2) is 6.36. The molecule has 1 aliphatic carbocycles. The van der Waals surface area contributed by atoms with Crippen molar-refractivity contribution in [1.29, 1.82) is 0 Å². The number of likely N-dealkylation sites (N-methyl/N-ethyl adjacent to an activating group) is 1. The summed E-state index contributed by atoms with van der Waals surface area (Å²) in [6.07, 6.45) is 4.53. The molecule has 146 valence electrons. The number of likely N-dealkylation sites (tertiary alicyclic amines) is 1. The molecule has 1 aromatic heterocycles. The molecule has 6 nitrogen and oxygen atoms in total. The summed E-state index contributed by atoms with van der Waals surface area (Å²) >= 11 is 0. The molecule has 0 spiro atoms. The first kappa shape index (κ1) is 17.8. The lowest BCUT2D eigenvalue weighted by Crippen LogP contribution is -2.62. The van der Waals surface area contributed by atoms with Crippen molar-refractivity contribution in [3.05, 3.63) is 42.1 Å². The third kappa shape index (κ3) is 2.58. The van der Waals surface area contributed by atoms with Crippen LogP contribution in [0.1, 0.15) is 24.8 Å². The first-order valence-corrected chi connectivity index (χ1v) is 10.1. The summed E-state index contributed by atoms with van der Waals surface area (Å²) in [7, 11) is 3.80. The van der Waals surface area contributed by atoms with Gasteiger partial charge in [0.1, 0.15) is 6.04 Å². The molecule has 1 amide bonds. The minimum atomic E-state index is -0.491. The number of Topliss-reactive ketones (excluding diaryl/α,β-unsaturated/α-hetero) is 1. The number of aromatic nitrogens is 1.